The highest BCUT2D eigenvalue weighted by atomic mass is 35.5. The topological polar surface area (TPSA) is 23.5 Å². The van der Waals surface area contributed by atoms with Crippen molar-refractivity contribution in [3.63, 3.8) is 0 Å². The summed E-state index contributed by atoms with van der Waals surface area (Å²) in [6.45, 7) is 0.591. The number of aliphatic hydroxyl groups excluding tert-OH is 1. The molecule has 0 bridgehead atoms. The van der Waals surface area contributed by atoms with Gasteiger partial charge in [-0.1, -0.05) is 48.5 Å². The molecule has 1 atom stereocenters. The number of hydrogen-bond acceptors (Lipinski definition) is 2. The molecule has 0 heterocycles. The van der Waals surface area contributed by atoms with Crippen LogP contribution in [-0.2, 0) is 0 Å². The summed E-state index contributed by atoms with van der Waals surface area (Å²) in [6, 6.07) is 19.8. The number of hydrogen-bond donors (Lipinski definition) is 1. The van der Waals surface area contributed by atoms with E-state index in [2.05, 4.69) is 4.90 Å². The summed E-state index contributed by atoms with van der Waals surface area (Å²) in [5.41, 5.74) is 2.07. The Kier molecular flexibility index (Phi) is 5.69. The molecule has 0 radical (unpaired) electrons. The molecule has 0 saturated heterocycles. The predicted molar refractivity (Wildman–Crippen MR) is 78.4 cm³/mol. The van der Waals surface area contributed by atoms with Crippen molar-refractivity contribution in [2.75, 3.05) is 18.5 Å². The molecule has 0 fully saturated rings. The third-order valence-corrected chi connectivity index (χ3v) is 2.83. The Morgan fingerprint density at radius 1 is 0.944 bits per heavy atom. The molecule has 0 aliphatic carbocycles. The maximum Gasteiger partial charge on any atom is 0.0964 e. The summed E-state index contributed by atoms with van der Waals surface area (Å²) in [5, 5.41) is 10.1. The molecule has 1 unspecified atom stereocenters. The second kappa shape index (κ2) is 7.04. The third-order valence-electron chi connectivity index (χ3n) is 2.83. The molecular weight excluding hydrogens is 246 g/mol. The van der Waals surface area contributed by atoms with Crippen molar-refractivity contribution in [2.45, 2.75) is 6.10 Å². The number of para-hydroxylation sites is 1. The monoisotopic (exact) mass is 263 g/mol. The molecule has 2 nitrogen and oxygen atoms in total. The first kappa shape index (κ1) is 14.6. The van der Waals surface area contributed by atoms with Gasteiger partial charge < -0.3 is 10.0 Å². The van der Waals surface area contributed by atoms with Crippen LogP contribution in [0.15, 0.2) is 60.7 Å². The summed E-state index contributed by atoms with van der Waals surface area (Å²) < 4.78 is 0. The van der Waals surface area contributed by atoms with E-state index in [9.17, 15) is 5.11 Å². The highest BCUT2D eigenvalue weighted by molar-refractivity contribution is 5.85. The van der Waals surface area contributed by atoms with E-state index in [-0.39, 0.29) is 12.4 Å². The lowest BCUT2D eigenvalue weighted by molar-refractivity contribution is 0.185. The molecule has 0 amide bonds. The first-order valence-electron chi connectivity index (χ1n) is 5.76. The molecule has 0 aromatic heterocycles. The zero-order valence-corrected chi connectivity index (χ0v) is 11.2. The first-order chi connectivity index (χ1) is 8.27. The number of nitrogens with zero attached hydrogens (tertiary/aromatic N) is 1. The number of benzene rings is 2. The normalized spacial score (nSPS) is 11.4. The van der Waals surface area contributed by atoms with Crippen LogP contribution in [0.2, 0.25) is 0 Å². The maximum absolute atomic E-state index is 10.1. The number of aliphatic hydroxyl groups is 1. The molecule has 0 aliphatic heterocycles. The summed E-state index contributed by atoms with van der Waals surface area (Å²) in [7, 11) is 1.99. The Bertz CT molecular complexity index is 403. The van der Waals surface area contributed by atoms with Crippen LogP contribution in [-0.4, -0.2) is 18.7 Å². The van der Waals surface area contributed by atoms with Crippen molar-refractivity contribution < 1.29 is 5.11 Å². The molecule has 3 heteroatoms. The average Bonchev–Trinajstić information content (AvgIpc) is 2.40. The maximum atomic E-state index is 10.1. The molecule has 2 aromatic carbocycles. The molecular formula is C15H18ClNO. The van der Waals surface area contributed by atoms with Crippen LogP contribution in [0.4, 0.5) is 5.69 Å². The van der Waals surface area contributed by atoms with Gasteiger partial charge in [-0.3, -0.25) is 0 Å². The number of halogens is 1. The van der Waals surface area contributed by atoms with E-state index < -0.39 is 6.10 Å². The standard InChI is InChI=1S/C15H17NO.ClH/c1-16(14-10-6-3-7-11-14)12-15(17)13-8-4-2-5-9-13;/h2-11,15,17H,12H2,1H3;1H. The van der Waals surface area contributed by atoms with Crippen LogP contribution in [0.5, 0.6) is 0 Å². The van der Waals surface area contributed by atoms with Gasteiger partial charge in [0.25, 0.3) is 0 Å². The fraction of sp³-hybridized carbons (Fsp3) is 0.200. The van der Waals surface area contributed by atoms with Crippen LogP contribution >= 0.6 is 12.4 Å². The minimum Gasteiger partial charge on any atom is -0.387 e. The van der Waals surface area contributed by atoms with Gasteiger partial charge >= 0.3 is 0 Å². The van der Waals surface area contributed by atoms with E-state index >= 15 is 0 Å². The van der Waals surface area contributed by atoms with E-state index in [0.29, 0.717) is 6.54 Å². The number of rotatable bonds is 4. The zero-order chi connectivity index (χ0) is 12.1. The fourth-order valence-electron chi connectivity index (χ4n) is 1.83. The Morgan fingerprint density at radius 2 is 1.44 bits per heavy atom. The lowest BCUT2D eigenvalue weighted by atomic mass is 10.1. The van der Waals surface area contributed by atoms with E-state index in [1.54, 1.807) is 0 Å². The SMILES string of the molecule is CN(CC(O)c1ccccc1)c1ccccc1.Cl. The molecule has 18 heavy (non-hydrogen) atoms. The van der Waals surface area contributed by atoms with Crippen molar-refractivity contribution in [2.24, 2.45) is 0 Å². The van der Waals surface area contributed by atoms with Gasteiger partial charge in [-0.25, -0.2) is 0 Å². The number of likely N-dealkylation sites (N-methyl/N-ethyl adjacent to an activating group) is 1. The van der Waals surface area contributed by atoms with Gasteiger partial charge in [-0.15, -0.1) is 12.4 Å². The van der Waals surface area contributed by atoms with Gasteiger partial charge in [0.1, 0.15) is 0 Å². The minimum absolute atomic E-state index is 0. The Labute approximate surface area is 114 Å². The van der Waals surface area contributed by atoms with Crippen LogP contribution in [0.1, 0.15) is 11.7 Å². The molecule has 0 aliphatic rings. The van der Waals surface area contributed by atoms with Crippen molar-refractivity contribution in [3.8, 4) is 0 Å². The van der Waals surface area contributed by atoms with Crippen molar-refractivity contribution in [3.05, 3.63) is 66.2 Å². The van der Waals surface area contributed by atoms with Crippen molar-refractivity contribution in [1.82, 2.24) is 0 Å². The fourth-order valence-corrected chi connectivity index (χ4v) is 1.83. The van der Waals surface area contributed by atoms with Gasteiger partial charge in [-0.05, 0) is 17.7 Å². The summed E-state index contributed by atoms with van der Waals surface area (Å²) in [6.07, 6.45) is -0.457. The largest absolute Gasteiger partial charge is 0.387 e. The quantitative estimate of drug-likeness (QED) is 0.915. The highest BCUT2D eigenvalue weighted by Gasteiger charge is 2.10. The van der Waals surface area contributed by atoms with Gasteiger partial charge in [0.05, 0.1) is 6.10 Å². The van der Waals surface area contributed by atoms with Crippen LogP contribution in [0.25, 0.3) is 0 Å². The summed E-state index contributed by atoms with van der Waals surface area (Å²) in [4.78, 5) is 2.05. The molecule has 2 aromatic rings. The summed E-state index contributed by atoms with van der Waals surface area (Å²) in [5.74, 6) is 0. The lowest BCUT2D eigenvalue weighted by Crippen LogP contribution is -2.23. The van der Waals surface area contributed by atoms with Crippen LogP contribution in [0.3, 0.4) is 0 Å². The van der Waals surface area contributed by atoms with Gasteiger partial charge in [0, 0.05) is 19.3 Å². The van der Waals surface area contributed by atoms with Crippen LogP contribution < -0.4 is 4.90 Å². The second-order valence-corrected chi connectivity index (χ2v) is 4.14. The Morgan fingerprint density at radius 3 is 2.00 bits per heavy atom. The number of anilines is 1. The van der Waals surface area contributed by atoms with Crippen molar-refractivity contribution >= 4 is 18.1 Å². The molecule has 1 N–H and O–H groups in total. The van der Waals surface area contributed by atoms with E-state index in [4.69, 9.17) is 0 Å². The molecule has 0 saturated carbocycles. The Hall–Kier alpha value is -1.51. The molecule has 2 rings (SSSR count). The van der Waals surface area contributed by atoms with Crippen LogP contribution in [0, 0.1) is 0 Å². The van der Waals surface area contributed by atoms with Gasteiger partial charge in [0.15, 0.2) is 0 Å². The van der Waals surface area contributed by atoms with E-state index in [1.807, 2.05) is 67.7 Å². The summed E-state index contributed by atoms with van der Waals surface area (Å²) >= 11 is 0. The molecule has 96 valence electrons. The third kappa shape index (κ3) is 3.76. The van der Waals surface area contributed by atoms with E-state index in [1.165, 1.54) is 0 Å². The second-order valence-electron chi connectivity index (χ2n) is 4.14. The zero-order valence-electron chi connectivity index (χ0n) is 10.4. The molecule has 0 spiro atoms. The minimum atomic E-state index is -0.457. The van der Waals surface area contributed by atoms with Gasteiger partial charge in [0.2, 0.25) is 0 Å². The highest BCUT2D eigenvalue weighted by Crippen LogP contribution is 2.17. The predicted octanol–water partition coefficient (Wildman–Crippen LogP) is 3.28. The first-order valence-corrected chi connectivity index (χ1v) is 5.76. The smallest absolute Gasteiger partial charge is 0.0964 e. The Balaban J connectivity index is 0.00000162. The van der Waals surface area contributed by atoms with Crippen molar-refractivity contribution in [1.29, 1.82) is 0 Å². The van der Waals surface area contributed by atoms with E-state index in [0.717, 1.165) is 11.3 Å². The average molecular weight is 264 g/mol. The van der Waals surface area contributed by atoms with Gasteiger partial charge in [-0.2, -0.15) is 0 Å². The lowest BCUT2D eigenvalue weighted by Gasteiger charge is -2.22.